The molecule has 4 rings (SSSR count). The summed E-state index contributed by atoms with van der Waals surface area (Å²) in [5.74, 6) is 4.29. The molecule has 1 unspecified atom stereocenters. The van der Waals surface area contributed by atoms with Crippen molar-refractivity contribution in [3.63, 3.8) is 0 Å². The molecule has 0 aromatic rings. The third-order valence-corrected chi connectivity index (χ3v) is 5.21. The lowest BCUT2D eigenvalue weighted by Crippen LogP contribution is -2.49. The van der Waals surface area contributed by atoms with Gasteiger partial charge < -0.3 is 10.8 Å². The van der Waals surface area contributed by atoms with Crippen LogP contribution in [0.1, 0.15) is 38.5 Å². The van der Waals surface area contributed by atoms with Crippen LogP contribution in [0.25, 0.3) is 0 Å². The monoisotopic (exact) mass is 209 g/mol. The average molecular weight is 209 g/mol. The molecule has 86 valence electrons. The summed E-state index contributed by atoms with van der Waals surface area (Å²) < 4.78 is 0. The van der Waals surface area contributed by atoms with Gasteiger partial charge in [0, 0.05) is 0 Å². The second-order valence-electron chi connectivity index (χ2n) is 6.15. The smallest absolute Gasteiger partial charge is 0.0585 e. The zero-order valence-electron chi connectivity index (χ0n) is 9.44. The molecule has 0 aromatic heterocycles. The van der Waals surface area contributed by atoms with Gasteiger partial charge in [-0.2, -0.15) is 0 Å². The largest absolute Gasteiger partial charge is 0.393 e. The van der Waals surface area contributed by atoms with Crippen LogP contribution in [0.3, 0.4) is 0 Å². The minimum atomic E-state index is -0.106. The molecule has 0 saturated heterocycles. The number of nitrogens with two attached hydrogens (primary N) is 1. The summed E-state index contributed by atoms with van der Waals surface area (Å²) in [6, 6.07) is 0. The predicted molar refractivity (Wildman–Crippen MR) is 60.2 cm³/mol. The fourth-order valence-corrected chi connectivity index (χ4v) is 4.96. The van der Waals surface area contributed by atoms with E-state index in [1.165, 1.54) is 32.1 Å². The summed E-state index contributed by atoms with van der Waals surface area (Å²) in [5, 5.41) is 10.2. The first kappa shape index (κ1) is 10.1. The molecule has 4 saturated carbocycles. The van der Waals surface area contributed by atoms with Crippen molar-refractivity contribution in [1.29, 1.82) is 0 Å². The van der Waals surface area contributed by atoms with Gasteiger partial charge >= 0.3 is 0 Å². The van der Waals surface area contributed by atoms with Gasteiger partial charge in [0.05, 0.1) is 6.10 Å². The molecule has 2 nitrogen and oxygen atoms in total. The SMILES string of the molecule is NCCC(O)C1C2CC3CC(C2)CC1C3. The molecule has 4 bridgehead atoms. The Kier molecular flexibility index (Phi) is 2.52. The van der Waals surface area contributed by atoms with Crippen molar-refractivity contribution < 1.29 is 5.11 Å². The predicted octanol–water partition coefficient (Wildman–Crippen LogP) is 1.77. The minimum Gasteiger partial charge on any atom is -0.393 e. The summed E-state index contributed by atoms with van der Waals surface area (Å²) >= 11 is 0. The number of hydrogen-bond acceptors (Lipinski definition) is 2. The first-order valence-electron chi connectivity index (χ1n) is 6.66. The zero-order valence-corrected chi connectivity index (χ0v) is 9.44. The van der Waals surface area contributed by atoms with Crippen molar-refractivity contribution in [2.75, 3.05) is 6.54 Å². The molecule has 3 N–H and O–H groups in total. The molecular formula is C13H23NO. The maximum atomic E-state index is 10.2. The van der Waals surface area contributed by atoms with E-state index in [-0.39, 0.29) is 6.10 Å². The molecular weight excluding hydrogens is 186 g/mol. The van der Waals surface area contributed by atoms with E-state index in [4.69, 9.17) is 5.73 Å². The number of rotatable bonds is 3. The highest BCUT2D eigenvalue weighted by Crippen LogP contribution is 2.57. The van der Waals surface area contributed by atoms with E-state index < -0.39 is 0 Å². The van der Waals surface area contributed by atoms with E-state index >= 15 is 0 Å². The summed E-state index contributed by atoms with van der Waals surface area (Å²) in [7, 11) is 0. The van der Waals surface area contributed by atoms with E-state index in [9.17, 15) is 5.11 Å². The highest BCUT2D eigenvalue weighted by Gasteiger charge is 2.49. The molecule has 15 heavy (non-hydrogen) atoms. The van der Waals surface area contributed by atoms with Crippen LogP contribution in [0.2, 0.25) is 0 Å². The normalized spacial score (nSPS) is 49.6. The van der Waals surface area contributed by atoms with Crippen LogP contribution < -0.4 is 5.73 Å². The van der Waals surface area contributed by atoms with Crippen molar-refractivity contribution in [3.05, 3.63) is 0 Å². The Morgan fingerprint density at radius 3 is 2.00 bits per heavy atom. The van der Waals surface area contributed by atoms with Gasteiger partial charge in [-0.1, -0.05) is 0 Å². The molecule has 0 amide bonds. The summed E-state index contributed by atoms with van der Waals surface area (Å²) in [4.78, 5) is 0. The molecule has 0 spiro atoms. The third kappa shape index (κ3) is 1.62. The van der Waals surface area contributed by atoms with Gasteiger partial charge in [-0.05, 0) is 74.7 Å². The molecule has 0 aliphatic heterocycles. The van der Waals surface area contributed by atoms with Gasteiger partial charge in [-0.3, -0.25) is 0 Å². The number of aliphatic hydroxyl groups is 1. The molecule has 0 aromatic carbocycles. The van der Waals surface area contributed by atoms with Crippen molar-refractivity contribution in [3.8, 4) is 0 Å². The second kappa shape index (κ2) is 3.74. The summed E-state index contributed by atoms with van der Waals surface area (Å²) in [6.07, 6.45) is 7.81. The van der Waals surface area contributed by atoms with Gasteiger partial charge in [-0.25, -0.2) is 0 Å². The van der Waals surface area contributed by atoms with Gasteiger partial charge in [0.2, 0.25) is 0 Å². The summed E-state index contributed by atoms with van der Waals surface area (Å²) in [6.45, 7) is 0.643. The fraction of sp³-hybridized carbons (Fsp3) is 1.00. The van der Waals surface area contributed by atoms with Crippen molar-refractivity contribution in [2.45, 2.75) is 44.6 Å². The van der Waals surface area contributed by atoms with Gasteiger partial charge in [0.15, 0.2) is 0 Å². The molecule has 1 atom stereocenters. The highest BCUT2D eigenvalue weighted by molar-refractivity contribution is 5.00. The van der Waals surface area contributed by atoms with Crippen LogP contribution >= 0.6 is 0 Å². The van der Waals surface area contributed by atoms with Crippen LogP contribution in [-0.4, -0.2) is 17.8 Å². The van der Waals surface area contributed by atoms with Gasteiger partial charge in [0.25, 0.3) is 0 Å². The maximum Gasteiger partial charge on any atom is 0.0585 e. The Morgan fingerprint density at radius 1 is 1.00 bits per heavy atom. The fourth-order valence-electron chi connectivity index (χ4n) is 4.96. The lowest BCUT2D eigenvalue weighted by molar-refractivity contribution is -0.0903. The van der Waals surface area contributed by atoms with Crippen LogP contribution in [0.4, 0.5) is 0 Å². The van der Waals surface area contributed by atoms with Gasteiger partial charge in [-0.15, -0.1) is 0 Å². The van der Waals surface area contributed by atoms with E-state index in [0.717, 1.165) is 30.1 Å². The summed E-state index contributed by atoms with van der Waals surface area (Å²) in [5.41, 5.74) is 5.56. The Labute approximate surface area is 92.2 Å². The van der Waals surface area contributed by atoms with E-state index in [1.807, 2.05) is 0 Å². The molecule has 0 radical (unpaired) electrons. The molecule has 0 heterocycles. The van der Waals surface area contributed by atoms with Crippen LogP contribution in [0, 0.1) is 29.6 Å². The van der Waals surface area contributed by atoms with Crippen molar-refractivity contribution in [2.24, 2.45) is 35.3 Å². The Morgan fingerprint density at radius 2 is 1.53 bits per heavy atom. The lowest BCUT2D eigenvalue weighted by atomic mass is 9.50. The maximum absolute atomic E-state index is 10.2. The van der Waals surface area contributed by atoms with Crippen LogP contribution in [0.15, 0.2) is 0 Å². The average Bonchev–Trinajstić information content (AvgIpc) is 2.15. The van der Waals surface area contributed by atoms with Gasteiger partial charge in [0.1, 0.15) is 0 Å². The number of hydrogen-bond donors (Lipinski definition) is 2. The lowest BCUT2D eigenvalue weighted by Gasteiger charge is -2.55. The van der Waals surface area contributed by atoms with E-state index in [1.54, 1.807) is 0 Å². The zero-order chi connectivity index (χ0) is 10.4. The van der Waals surface area contributed by atoms with Crippen molar-refractivity contribution in [1.82, 2.24) is 0 Å². The third-order valence-electron chi connectivity index (χ3n) is 5.21. The molecule has 2 heteroatoms. The first-order chi connectivity index (χ1) is 7.28. The number of aliphatic hydroxyl groups excluding tert-OH is 1. The minimum absolute atomic E-state index is 0.106. The standard InChI is InChI=1S/C13H23NO/c14-2-1-12(15)13-10-4-8-3-9(6-10)7-11(13)5-8/h8-13,15H,1-7,14H2. The first-order valence-corrected chi connectivity index (χ1v) is 6.66. The quantitative estimate of drug-likeness (QED) is 0.744. The van der Waals surface area contributed by atoms with E-state index in [2.05, 4.69) is 0 Å². The topological polar surface area (TPSA) is 46.2 Å². The highest BCUT2D eigenvalue weighted by atomic mass is 16.3. The van der Waals surface area contributed by atoms with Crippen molar-refractivity contribution >= 4 is 0 Å². The Bertz CT molecular complexity index is 213. The molecule has 4 aliphatic rings. The van der Waals surface area contributed by atoms with Crippen LogP contribution in [-0.2, 0) is 0 Å². The molecule has 4 fully saturated rings. The molecule has 4 aliphatic carbocycles. The van der Waals surface area contributed by atoms with E-state index in [0.29, 0.717) is 12.5 Å². The van der Waals surface area contributed by atoms with Crippen LogP contribution in [0.5, 0.6) is 0 Å². The Hall–Kier alpha value is -0.0800. The second-order valence-corrected chi connectivity index (χ2v) is 6.15. The Balaban J connectivity index is 1.74.